The maximum absolute atomic E-state index is 12.1. The van der Waals surface area contributed by atoms with Gasteiger partial charge < -0.3 is 15.2 Å². The molecule has 1 fully saturated rings. The topological polar surface area (TPSA) is 113 Å². The third kappa shape index (κ3) is 3.78. The van der Waals surface area contributed by atoms with Gasteiger partial charge in [-0.1, -0.05) is 35.5 Å². The lowest BCUT2D eigenvalue weighted by atomic mass is 10.1. The van der Waals surface area contributed by atoms with Crippen LogP contribution in [-0.4, -0.2) is 29.0 Å². The molecule has 0 aliphatic carbocycles. The first-order valence-corrected chi connectivity index (χ1v) is 7.51. The monoisotopic (exact) mass is 328 g/mol. The molecule has 0 bridgehead atoms. The Balaban J connectivity index is 1.57. The molecule has 8 heteroatoms. The molecular formula is C16H16N4O4. The summed E-state index contributed by atoms with van der Waals surface area (Å²) in [5.74, 6) is -0.159. The summed E-state index contributed by atoms with van der Waals surface area (Å²) < 4.78 is 5.25. The minimum atomic E-state index is -0.753. The molecule has 0 saturated carbocycles. The molecule has 0 radical (unpaired) electrons. The molecule has 1 saturated heterocycles. The number of urea groups is 1. The molecule has 0 unspecified atom stereocenters. The summed E-state index contributed by atoms with van der Waals surface area (Å²) in [7, 11) is 0. The summed E-state index contributed by atoms with van der Waals surface area (Å²) in [5, 5.41) is 11.2. The second-order valence-corrected chi connectivity index (χ2v) is 5.38. The molecule has 1 atom stereocenters. The fourth-order valence-electron chi connectivity index (χ4n) is 2.36. The average molecular weight is 328 g/mol. The van der Waals surface area contributed by atoms with Crippen molar-refractivity contribution >= 4 is 17.8 Å². The quantitative estimate of drug-likeness (QED) is 0.773. The summed E-state index contributed by atoms with van der Waals surface area (Å²) >= 11 is 0. The van der Waals surface area contributed by atoms with Gasteiger partial charge in [-0.15, -0.1) is 0 Å². The van der Waals surface area contributed by atoms with E-state index in [2.05, 4.69) is 21.1 Å². The maximum Gasteiger partial charge on any atom is 0.322 e. The van der Waals surface area contributed by atoms with E-state index in [1.807, 2.05) is 30.3 Å². The number of nitrogens with zero attached hydrogens (tertiary/aromatic N) is 1. The molecule has 3 N–H and O–H groups in total. The summed E-state index contributed by atoms with van der Waals surface area (Å²) in [6.07, 6.45) is 0.358. The summed E-state index contributed by atoms with van der Waals surface area (Å²) in [5.41, 5.74) is 1.46. The SMILES string of the molecule is O=C1CC[C@@H](C(=O)NCc2cc(-c3ccccc3)on2)NC(=O)N1. The first-order valence-electron chi connectivity index (χ1n) is 7.51. The van der Waals surface area contributed by atoms with Crippen molar-refractivity contribution in [2.75, 3.05) is 0 Å². The molecule has 8 nitrogen and oxygen atoms in total. The van der Waals surface area contributed by atoms with Gasteiger partial charge in [0.05, 0.1) is 6.54 Å². The van der Waals surface area contributed by atoms with Gasteiger partial charge in [0.2, 0.25) is 11.8 Å². The molecule has 3 rings (SSSR count). The van der Waals surface area contributed by atoms with E-state index in [1.165, 1.54) is 0 Å². The highest BCUT2D eigenvalue weighted by atomic mass is 16.5. The van der Waals surface area contributed by atoms with Crippen LogP contribution in [0.5, 0.6) is 0 Å². The number of hydrogen-bond donors (Lipinski definition) is 3. The van der Waals surface area contributed by atoms with Gasteiger partial charge in [-0.05, 0) is 6.42 Å². The lowest BCUT2D eigenvalue weighted by Gasteiger charge is -2.13. The van der Waals surface area contributed by atoms with Gasteiger partial charge in [0, 0.05) is 18.1 Å². The average Bonchev–Trinajstić information content (AvgIpc) is 2.99. The van der Waals surface area contributed by atoms with Gasteiger partial charge in [0.25, 0.3) is 0 Å². The zero-order valence-electron chi connectivity index (χ0n) is 12.7. The number of nitrogens with one attached hydrogen (secondary N) is 3. The standard InChI is InChI=1S/C16H16N4O4/c21-14-7-6-12(18-16(23)19-14)15(22)17-9-11-8-13(24-20-11)10-4-2-1-3-5-10/h1-5,8,12H,6-7,9H2,(H,17,22)(H2,18,19,21,23)/t12-/m0/s1. The van der Waals surface area contributed by atoms with Crippen molar-refractivity contribution in [3.05, 3.63) is 42.1 Å². The number of imide groups is 1. The van der Waals surface area contributed by atoms with Crippen LogP contribution in [0.15, 0.2) is 40.9 Å². The molecular weight excluding hydrogens is 312 g/mol. The molecule has 1 aromatic heterocycles. The van der Waals surface area contributed by atoms with E-state index in [4.69, 9.17) is 4.52 Å². The van der Waals surface area contributed by atoms with Crippen LogP contribution in [0.1, 0.15) is 18.5 Å². The van der Waals surface area contributed by atoms with Crippen LogP contribution in [0.4, 0.5) is 4.79 Å². The zero-order valence-corrected chi connectivity index (χ0v) is 12.7. The molecule has 2 heterocycles. The van der Waals surface area contributed by atoms with Crippen molar-refractivity contribution in [3.63, 3.8) is 0 Å². The van der Waals surface area contributed by atoms with E-state index in [-0.39, 0.29) is 25.3 Å². The van der Waals surface area contributed by atoms with Crippen molar-refractivity contribution < 1.29 is 18.9 Å². The van der Waals surface area contributed by atoms with Crippen molar-refractivity contribution in [3.8, 4) is 11.3 Å². The fourth-order valence-corrected chi connectivity index (χ4v) is 2.36. The van der Waals surface area contributed by atoms with Crippen LogP contribution in [0.25, 0.3) is 11.3 Å². The Bertz CT molecular complexity index is 756. The Morgan fingerprint density at radius 1 is 1.29 bits per heavy atom. The van der Waals surface area contributed by atoms with Crippen molar-refractivity contribution in [2.24, 2.45) is 0 Å². The lowest BCUT2D eigenvalue weighted by molar-refractivity contribution is -0.123. The summed E-state index contributed by atoms with van der Waals surface area (Å²) in [4.78, 5) is 34.8. The van der Waals surface area contributed by atoms with E-state index >= 15 is 0 Å². The predicted molar refractivity (Wildman–Crippen MR) is 83.5 cm³/mol. The second kappa shape index (κ2) is 6.95. The van der Waals surface area contributed by atoms with Crippen LogP contribution in [-0.2, 0) is 16.1 Å². The first kappa shape index (κ1) is 15.7. The van der Waals surface area contributed by atoms with Crippen LogP contribution in [0.2, 0.25) is 0 Å². The number of amides is 4. The number of carbonyl (C=O) groups is 3. The van der Waals surface area contributed by atoms with E-state index in [9.17, 15) is 14.4 Å². The number of hydrogen-bond acceptors (Lipinski definition) is 5. The van der Waals surface area contributed by atoms with E-state index < -0.39 is 18.0 Å². The van der Waals surface area contributed by atoms with Gasteiger partial charge >= 0.3 is 6.03 Å². The molecule has 0 spiro atoms. The Morgan fingerprint density at radius 3 is 2.88 bits per heavy atom. The highest BCUT2D eigenvalue weighted by molar-refractivity contribution is 5.98. The van der Waals surface area contributed by atoms with Crippen molar-refractivity contribution in [2.45, 2.75) is 25.4 Å². The number of benzene rings is 1. The highest BCUT2D eigenvalue weighted by Crippen LogP contribution is 2.19. The van der Waals surface area contributed by atoms with E-state index in [0.717, 1.165) is 5.56 Å². The van der Waals surface area contributed by atoms with Crippen LogP contribution >= 0.6 is 0 Å². The van der Waals surface area contributed by atoms with Gasteiger partial charge in [-0.3, -0.25) is 14.9 Å². The first-order chi connectivity index (χ1) is 11.6. The number of rotatable bonds is 4. The van der Waals surface area contributed by atoms with Crippen molar-refractivity contribution in [1.82, 2.24) is 21.1 Å². The van der Waals surface area contributed by atoms with Gasteiger partial charge in [0.15, 0.2) is 5.76 Å². The fraction of sp³-hybridized carbons (Fsp3) is 0.250. The third-order valence-corrected chi connectivity index (χ3v) is 3.60. The lowest BCUT2D eigenvalue weighted by Crippen LogP contribution is -2.48. The molecule has 124 valence electrons. The zero-order chi connectivity index (χ0) is 16.9. The third-order valence-electron chi connectivity index (χ3n) is 3.60. The Morgan fingerprint density at radius 2 is 2.08 bits per heavy atom. The Labute approximate surface area is 137 Å². The molecule has 1 aliphatic heterocycles. The molecule has 24 heavy (non-hydrogen) atoms. The van der Waals surface area contributed by atoms with Crippen LogP contribution < -0.4 is 16.0 Å². The predicted octanol–water partition coefficient (Wildman–Crippen LogP) is 0.946. The molecule has 2 aromatic rings. The van der Waals surface area contributed by atoms with Gasteiger partial charge in [-0.2, -0.15) is 0 Å². The van der Waals surface area contributed by atoms with E-state index in [1.54, 1.807) is 6.07 Å². The second-order valence-electron chi connectivity index (χ2n) is 5.38. The summed E-state index contributed by atoms with van der Waals surface area (Å²) in [6.45, 7) is 0.170. The number of carbonyl (C=O) groups excluding carboxylic acids is 3. The highest BCUT2D eigenvalue weighted by Gasteiger charge is 2.26. The van der Waals surface area contributed by atoms with Crippen LogP contribution in [0, 0.1) is 0 Å². The van der Waals surface area contributed by atoms with Gasteiger partial charge in [-0.25, -0.2) is 4.79 Å². The minimum Gasteiger partial charge on any atom is -0.356 e. The normalized spacial score (nSPS) is 17.6. The van der Waals surface area contributed by atoms with Crippen LogP contribution in [0.3, 0.4) is 0 Å². The van der Waals surface area contributed by atoms with Crippen molar-refractivity contribution in [1.29, 1.82) is 0 Å². The maximum atomic E-state index is 12.1. The van der Waals surface area contributed by atoms with E-state index in [0.29, 0.717) is 11.5 Å². The molecule has 4 amide bonds. The smallest absolute Gasteiger partial charge is 0.322 e. The Hall–Kier alpha value is -3.16. The molecule has 1 aliphatic rings. The largest absolute Gasteiger partial charge is 0.356 e. The van der Waals surface area contributed by atoms with Gasteiger partial charge in [0.1, 0.15) is 11.7 Å². The Kier molecular flexibility index (Phi) is 4.55. The summed E-state index contributed by atoms with van der Waals surface area (Å²) in [6, 6.07) is 9.81. The molecule has 1 aromatic carbocycles. The minimum absolute atomic E-state index is 0.110. The number of aromatic nitrogens is 1.